The minimum atomic E-state index is -0.393. The first-order chi connectivity index (χ1) is 9.49. The molecule has 0 saturated carbocycles. The van der Waals surface area contributed by atoms with Crippen LogP contribution in [0.4, 0.5) is 15.9 Å². The van der Waals surface area contributed by atoms with Gasteiger partial charge in [-0.25, -0.2) is 15.2 Å². The van der Waals surface area contributed by atoms with Crippen LogP contribution in [0.25, 0.3) is 0 Å². The Kier molecular flexibility index (Phi) is 4.73. The lowest BCUT2D eigenvalue weighted by molar-refractivity contribution is 0.102. The number of hydrogen-bond acceptors (Lipinski definition) is 4. The van der Waals surface area contributed by atoms with Crippen LogP contribution in [0.1, 0.15) is 10.4 Å². The lowest BCUT2D eigenvalue weighted by Crippen LogP contribution is -2.15. The lowest BCUT2D eigenvalue weighted by atomic mass is 10.2. The van der Waals surface area contributed by atoms with Crippen LogP contribution < -0.4 is 16.6 Å². The molecule has 1 aromatic carbocycles. The molecule has 0 aliphatic carbocycles. The van der Waals surface area contributed by atoms with Crippen LogP contribution in [0.2, 0.25) is 5.15 Å². The highest BCUT2D eigenvalue weighted by atomic mass is 127. The molecule has 104 valence electrons. The molecule has 4 N–H and O–H groups in total. The number of hydrazine groups is 1. The predicted octanol–water partition coefficient (Wildman–Crippen LogP) is 3.02. The number of pyridine rings is 1. The van der Waals surface area contributed by atoms with Crippen LogP contribution >= 0.6 is 34.2 Å². The average Bonchev–Trinajstić information content (AvgIpc) is 2.41. The van der Waals surface area contributed by atoms with Crippen molar-refractivity contribution in [3.8, 4) is 0 Å². The summed E-state index contributed by atoms with van der Waals surface area (Å²) in [7, 11) is 0. The largest absolute Gasteiger partial charge is 0.321 e. The number of nitrogens with zero attached hydrogens (tertiary/aromatic N) is 1. The number of aromatic nitrogens is 1. The molecule has 8 heteroatoms. The summed E-state index contributed by atoms with van der Waals surface area (Å²) in [6.45, 7) is 0. The number of nitrogens with one attached hydrogen (secondary N) is 2. The van der Waals surface area contributed by atoms with E-state index in [4.69, 9.17) is 17.4 Å². The van der Waals surface area contributed by atoms with Crippen molar-refractivity contribution in [2.45, 2.75) is 0 Å². The van der Waals surface area contributed by atoms with E-state index in [1.165, 1.54) is 30.3 Å². The van der Waals surface area contributed by atoms with Gasteiger partial charge < -0.3 is 10.7 Å². The van der Waals surface area contributed by atoms with Crippen molar-refractivity contribution >= 4 is 51.6 Å². The van der Waals surface area contributed by atoms with E-state index in [0.717, 1.165) is 0 Å². The number of benzene rings is 1. The summed E-state index contributed by atoms with van der Waals surface area (Å²) in [5.41, 5.74) is 3.12. The zero-order valence-electron chi connectivity index (χ0n) is 9.95. The number of carbonyl (C=O) groups excluding carboxylic acids is 1. The number of amides is 1. The van der Waals surface area contributed by atoms with Crippen molar-refractivity contribution < 1.29 is 9.18 Å². The number of rotatable bonds is 3. The Labute approximate surface area is 132 Å². The van der Waals surface area contributed by atoms with E-state index in [1.54, 1.807) is 0 Å². The number of nitrogen functional groups attached to an aromatic ring is 1. The molecule has 0 aliphatic rings. The Morgan fingerprint density at radius 3 is 2.75 bits per heavy atom. The second kappa shape index (κ2) is 6.33. The molecule has 0 saturated heterocycles. The van der Waals surface area contributed by atoms with E-state index in [0.29, 0.717) is 9.26 Å². The molecule has 2 aromatic rings. The molecular weight excluding hydrogens is 398 g/mol. The van der Waals surface area contributed by atoms with E-state index in [9.17, 15) is 9.18 Å². The maximum atomic E-state index is 13.0. The number of halogens is 3. The molecule has 0 atom stereocenters. The minimum Gasteiger partial charge on any atom is -0.321 e. The zero-order valence-corrected chi connectivity index (χ0v) is 12.9. The number of anilines is 2. The van der Waals surface area contributed by atoms with Crippen LogP contribution in [0.15, 0.2) is 30.3 Å². The summed E-state index contributed by atoms with van der Waals surface area (Å²) in [6.07, 6.45) is 0. The Morgan fingerprint density at radius 1 is 1.35 bits per heavy atom. The Bertz CT molecular complexity index is 668. The summed E-state index contributed by atoms with van der Waals surface area (Å²) in [5.74, 6) is 4.75. The number of hydrogen-bond donors (Lipinski definition) is 3. The van der Waals surface area contributed by atoms with Gasteiger partial charge in [0.05, 0.1) is 5.69 Å². The molecule has 5 nitrogen and oxygen atoms in total. The maximum Gasteiger partial charge on any atom is 0.255 e. The number of carbonyl (C=O) groups is 1. The normalized spacial score (nSPS) is 10.2. The first-order valence-electron chi connectivity index (χ1n) is 5.40. The molecular formula is C12H9ClFIN4O. The highest BCUT2D eigenvalue weighted by Gasteiger charge is 2.11. The van der Waals surface area contributed by atoms with E-state index in [2.05, 4.69) is 15.7 Å². The van der Waals surface area contributed by atoms with E-state index in [-0.39, 0.29) is 22.4 Å². The van der Waals surface area contributed by atoms with Gasteiger partial charge in [0.25, 0.3) is 5.91 Å². The summed E-state index contributed by atoms with van der Waals surface area (Å²) in [5, 5.41) is 2.80. The fourth-order valence-electron chi connectivity index (χ4n) is 1.49. The third-order valence-corrected chi connectivity index (χ3v) is 3.47. The van der Waals surface area contributed by atoms with Crippen molar-refractivity contribution in [3.63, 3.8) is 0 Å². The summed E-state index contributed by atoms with van der Waals surface area (Å²) >= 11 is 7.72. The minimum absolute atomic E-state index is 0.138. The first-order valence-corrected chi connectivity index (χ1v) is 6.86. The highest BCUT2D eigenvalue weighted by Crippen LogP contribution is 2.21. The second-order valence-corrected chi connectivity index (χ2v) is 5.34. The van der Waals surface area contributed by atoms with Crippen LogP contribution in [-0.4, -0.2) is 10.9 Å². The van der Waals surface area contributed by atoms with Gasteiger partial charge in [0.2, 0.25) is 0 Å². The predicted molar refractivity (Wildman–Crippen MR) is 84.1 cm³/mol. The molecule has 0 unspecified atom stereocenters. The quantitative estimate of drug-likeness (QED) is 0.317. The average molecular weight is 407 g/mol. The van der Waals surface area contributed by atoms with Crippen molar-refractivity contribution in [1.29, 1.82) is 0 Å². The van der Waals surface area contributed by atoms with Gasteiger partial charge in [-0.1, -0.05) is 11.6 Å². The molecule has 1 aromatic heterocycles. The molecule has 1 amide bonds. The van der Waals surface area contributed by atoms with Crippen LogP contribution in [0.3, 0.4) is 0 Å². The molecule has 1 heterocycles. The Morgan fingerprint density at radius 2 is 2.10 bits per heavy atom. The van der Waals surface area contributed by atoms with Crippen molar-refractivity contribution in [2.24, 2.45) is 5.84 Å². The van der Waals surface area contributed by atoms with Crippen molar-refractivity contribution in [3.05, 3.63) is 50.4 Å². The maximum absolute atomic E-state index is 13.0. The number of nitrogens with two attached hydrogens (primary N) is 1. The monoisotopic (exact) mass is 406 g/mol. The Hall–Kier alpha value is -1.45. The standard InChI is InChI=1S/C12H9ClFIN4O/c13-10-3-6(4-11(18-10)19-16)12(20)17-9-2-1-7(14)5-8(9)15/h1-5H,16H2,(H,17,20)(H,18,19). The van der Waals surface area contributed by atoms with E-state index < -0.39 is 5.91 Å². The van der Waals surface area contributed by atoms with E-state index >= 15 is 0 Å². The first kappa shape index (κ1) is 14.9. The van der Waals surface area contributed by atoms with Gasteiger partial charge in [-0.2, -0.15) is 0 Å². The molecule has 2 rings (SSSR count). The molecule has 0 spiro atoms. The smallest absolute Gasteiger partial charge is 0.255 e. The molecule has 20 heavy (non-hydrogen) atoms. The van der Waals surface area contributed by atoms with Gasteiger partial charge in [-0.15, -0.1) is 0 Å². The zero-order chi connectivity index (χ0) is 14.7. The summed E-state index contributed by atoms with van der Waals surface area (Å²) < 4.78 is 13.6. The van der Waals surface area contributed by atoms with Gasteiger partial charge in [0, 0.05) is 9.13 Å². The molecule has 0 bridgehead atoms. The molecule has 0 fully saturated rings. The van der Waals surface area contributed by atoms with Crippen LogP contribution in [-0.2, 0) is 0 Å². The molecule has 0 radical (unpaired) electrons. The van der Waals surface area contributed by atoms with Gasteiger partial charge in [0.15, 0.2) is 0 Å². The topological polar surface area (TPSA) is 80.0 Å². The fraction of sp³-hybridized carbons (Fsp3) is 0. The second-order valence-electron chi connectivity index (χ2n) is 3.79. The van der Waals surface area contributed by atoms with Gasteiger partial charge in [0.1, 0.15) is 16.8 Å². The summed E-state index contributed by atoms with van der Waals surface area (Å²) in [6, 6.07) is 6.94. The van der Waals surface area contributed by atoms with Crippen molar-refractivity contribution in [1.82, 2.24) is 4.98 Å². The SMILES string of the molecule is NNc1cc(C(=O)Nc2ccc(F)cc2I)cc(Cl)n1. The van der Waals surface area contributed by atoms with Crippen LogP contribution in [0.5, 0.6) is 0 Å². The third-order valence-electron chi connectivity index (χ3n) is 2.38. The van der Waals surface area contributed by atoms with Gasteiger partial charge in [-0.3, -0.25) is 4.79 Å². The van der Waals surface area contributed by atoms with Gasteiger partial charge >= 0.3 is 0 Å². The van der Waals surface area contributed by atoms with E-state index in [1.807, 2.05) is 22.6 Å². The highest BCUT2D eigenvalue weighted by molar-refractivity contribution is 14.1. The fourth-order valence-corrected chi connectivity index (χ4v) is 2.31. The Balaban J connectivity index is 2.26. The van der Waals surface area contributed by atoms with Crippen LogP contribution in [0, 0.1) is 9.39 Å². The summed E-state index contributed by atoms with van der Waals surface area (Å²) in [4.78, 5) is 16.0. The van der Waals surface area contributed by atoms with Crippen molar-refractivity contribution in [2.75, 3.05) is 10.7 Å². The third kappa shape index (κ3) is 3.56. The molecule has 0 aliphatic heterocycles. The van der Waals surface area contributed by atoms with Gasteiger partial charge in [-0.05, 0) is 52.9 Å². The lowest BCUT2D eigenvalue weighted by Gasteiger charge is -2.09.